The molecule has 1 aromatic rings. The zero-order valence-corrected chi connectivity index (χ0v) is 10.5. The highest BCUT2D eigenvalue weighted by Crippen LogP contribution is 2.20. The lowest BCUT2D eigenvalue weighted by Gasteiger charge is -2.22. The van der Waals surface area contributed by atoms with Crippen LogP contribution in [-0.4, -0.2) is 28.5 Å². The summed E-state index contributed by atoms with van der Waals surface area (Å²) in [5, 5.41) is 21.8. The number of nitrogens with one attached hydrogen (secondary N) is 1. The number of carboxylic acids is 1. The average Bonchev–Trinajstić information content (AvgIpc) is 2.85. The van der Waals surface area contributed by atoms with Crippen LogP contribution in [-0.2, 0) is 4.79 Å². The van der Waals surface area contributed by atoms with Crippen LogP contribution in [0.2, 0.25) is 0 Å². The van der Waals surface area contributed by atoms with Gasteiger partial charge in [0.2, 0.25) is 0 Å². The maximum Gasteiger partial charge on any atom is 0.433 e. The molecule has 1 atom stereocenters. The van der Waals surface area contributed by atoms with Crippen molar-refractivity contribution in [1.29, 1.82) is 0 Å². The molecule has 0 saturated carbocycles. The van der Waals surface area contributed by atoms with Crippen LogP contribution in [0.1, 0.15) is 30.8 Å². The highest BCUT2D eigenvalue weighted by atomic mass is 16.6. The van der Waals surface area contributed by atoms with E-state index >= 15 is 0 Å². The SMILES string of the molecule is CCC(C)(CNC(=O)c1ccc([N+](=O)[O-])o1)C(=O)O. The highest BCUT2D eigenvalue weighted by molar-refractivity contribution is 5.92. The van der Waals surface area contributed by atoms with Gasteiger partial charge in [0.1, 0.15) is 4.92 Å². The van der Waals surface area contributed by atoms with Crippen LogP contribution in [0.5, 0.6) is 0 Å². The summed E-state index contributed by atoms with van der Waals surface area (Å²) in [4.78, 5) is 32.3. The number of carbonyl (C=O) groups excluding carboxylic acids is 1. The Hall–Kier alpha value is -2.38. The van der Waals surface area contributed by atoms with Gasteiger partial charge in [-0.15, -0.1) is 0 Å². The Morgan fingerprint density at radius 3 is 2.58 bits per heavy atom. The summed E-state index contributed by atoms with van der Waals surface area (Å²) >= 11 is 0. The standard InChI is InChI=1S/C11H14N2O6/c1-3-11(2,10(15)16)6-12-9(14)7-4-5-8(19-7)13(17)18/h4-5H,3,6H2,1-2H3,(H,12,14)(H,15,16). The van der Waals surface area contributed by atoms with Crippen molar-refractivity contribution in [2.75, 3.05) is 6.54 Å². The molecular formula is C11H14N2O6. The van der Waals surface area contributed by atoms with Gasteiger partial charge in [-0.25, -0.2) is 0 Å². The van der Waals surface area contributed by atoms with Gasteiger partial charge in [-0.05, 0) is 19.4 Å². The lowest BCUT2D eigenvalue weighted by molar-refractivity contribution is -0.402. The molecule has 1 unspecified atom stereocenters. The zero-order valence-electron chi connectivity index (χ0n) is 10.5. The molecule has 0 fully saturated rings. The minimum atomic E-state index is -1.09. The highest BCUT2D eigenvalue weighted by Gasteiger charge is 2.32. The van der Waals surface area contributed by atoms with Crippen molar-refractivity contribution in [3.8, 4) is 0 Å². The largest absolute Gasteiger partial charge is 0.481 e. The Labute approximate surface area is 108 Å². The first-order valence-corrected chi connectivity index (χ1v) is 5.56. The fraction of sp³-hybridized carbons (Fsp3) is 0.455. The molecule has 1 amide bonds. The molecule has 2 N–H and O–H groups in total. The number of furan rings is 1. The molecule has 0 aliphatic carbocycles. The van der Waals surface area contributed by atoms with Gasteiger partial charge in [-0.3, -0.25) is 19.7 Å². The summed E-state index contributed by atoms with van der Waals surface area (Å²) in [5.41, 5.74) is -1.09. The smallest absolute Gasteiger partial charge is 0.433 e. The van der Waals surface area contributed by atoms with Gasteiger partial charge < -0.3 is 14.8 Å². The van der Waals surface area contributed by atoms with Crippen LogP contribution in [0.3, 0.4) is 0 Å². The molecule has 0 aliphatic heterocycles. The third kappa shape index (κ3) is 3.30. The van der Waals surface area contributed by atoms with Gasteiger partial charge in [0.25, 0.3) is 5.91 Å². The first kappa shape index (κ1) is 14.7. The minimum absolute atomic E-state index is 0.0911. The van der Waals surface area contributed by atoms with E-state index in [2.05, 4.69) is 5.32 Å². The summed E-state index contributed by atoms with van der Waals surface area (Å²) in [5.74, 6) is -2.48. The van der Waals surface area contributed by atoms with E-state index in [0.29, 0.717) is 6.42 Å². The predicted octanol–water partition coefficient (Wildman–Crippen LogP) is 1.42. The second-order valence-electron chi connectivity index (χ2n) is 4.30. The number of amides is 1. The quantitative estimate of drug-likeness (QED) is 0.595. The number of nitro groups is 1. The number of rotatable bonds is 6. The van der Waals surface area contributed by atoms with Crippen molar-refractivity contribution >= 4 is 17.8 Å². The molecule has 0 aliphatic rings. The second-order valence-corrected chi connectivity index (χ2v) is 4.30. The summed E-state index contributed by atoms with van der Waals surface area (Å²) < 4.78 is 4.71. The number of hydrogen-bond donors (Lipinski definition) is 2. The van der Waals surface area contributed by atoms with E-state index in [1.165, 1.54) is 6.92 Å². The molecule has 0 spiro atoms. The van der Waals surface area contributed by atoms with Crippen LogP contribution < -0.4 is 5.32 Å². The first-order valence-electron chi connectivity index (χ1n) is 5.56. The molecule has 1 rings (SSSR count). The molecule has 0 aromatic carbocycles. The molecule has 0 radical (unpaired) electrons. The third-order valence-corrected chi connectivity index (χ3v) is 2.93. The second kappa shape index (κ2) is 5.51. The molecule has 8 heteroatoms. The van der Waals surface area contributed by atoms with Crippen LogP contribution in [0.25, 0.3) is 0 Å². The van der Waals surface area contributed by atoms with Crippen molar-refractivity contribution in [2.24, 2.45) is 5.41 Å². The van der Waals surface area contributed by atoms with Crippen LogP contribution >= 0.6 is 0 Å². The van der Waals surface area contributed by atoms with Crippen LogP contribution in [0.4, 0.5) is 5.88 Å². The van der Waals surface area contributed by atoms with E-state index in [1.54, 1.807) is 6.92 Å². The van der Waals surface area contributed by atoms with Crippen molar-refractivity contribution in [2.45, 2.75) is 20.3 Å². The molecule has 0 saturated heterocycles. The molecule has 1 heterocycles. The lowest BCUT2D eigenvalue weighted by atomic mass is 9.88. The van der Waals surface area contributed by atoms with Gasteiger partial charge in [-0.1, -0.05) is 6.92 Å². The predicted molar refractivity (Wildman–Crippen MR) is 63.7 cm³/mol. The van der Waals surface area contributed by atoms with Crippen LogP contribution in [0.15, 0.2) is 16.5 Å². The zero-order chi connectivity index (χ0) is 14.6. The van der Waals surface area contributed by atoms with Crippen molar-refractivity contribution in [3.63, 3.8) is 0 Å². The number of hydrogen-bond acceptors (Lipinski definition) is 5. The fourth-order valence-electron chi connectivity index (χ4n) is 1.26. The lowest BCUT2D eigenvalue weighted by Crippen LogP contribution is -2.40. The minimum Gasteiger partial charge on any atom is -0.481 e. The normalized spacial score (nSPS) is 13.6. The Kier molecular flexibility index (Phi) is 4.26. The summed E-state index contributed by atoms with van der Waals surface area (Å²) in [6, 6.07) is 2.22. The third-order valence-electron chi connectivity index (χ3n) is 2.93. The fourth-order valence-corrected chi connectivity index (χ4v) is 1.26. The van der Waals surface area contributed by atoms with Gasteiger partial charge >= 0.3 is 11.9 Å². The molecular weight excluding hydrogens is 256 g/mol. The summed E-state index contributed by atoms with van der Waals surface area (Å²) in [6.07, 6.45) is 0.334. The van der Waals surface area contributed by atoms with E-state index < -0.39 is 28.1 Å². The maximum absolute atomic E-state index is 11.6. The molecule has 8 nitrogen and oxygen atoms in total. The number of nitrogens with zero attached hydrogens (tertiary/aromatic N) is 1. The Balaban J connectivity index is 2.69. The monoisotopic (exact) mass is 270 g/mol. The number of carboxylic acid groups (broad SMARTS) is 1. The molecule has 19 heavy (non-hydrogen) atoms. The van der Waals surface area contributed by atoms with Crippen molar-refractivity contribution < 1.29 is 24.0 Å². The van der Waals surface area contributed by atoms with Crippen molar-refractivity contribution in [1.82, 2.24) is 5.32 Å². The summed E-state index contributed by atoms with van der Waals surface area (Å²) in [7, 11) is 0. The maximum atomic E-state index is 11.6. The van der Waals surface area contributed by atoms with E-state index in [1.807, 2.05) is 0 Å². The Morgan fingerprint density at radius 2 is 2.16 bits per heavy atom. The van der Waals surface area contributed by atoms with Gasteiger partial charge in [-0.2, -0.15) is 0 Å². The van der Waals surface area contributed by atoms with Gasteiger partial charge in [0, 0.05) is 6.54 Å². The molecule has 104 valence electrons. The molecule has 0 bridgehead atoms. The van der Waals surface area contributed by atoms with Gasteiger partial charge in [0.05, 0.1) is 11.5 Å². The molecule has 1 aromatic heterocycles. The van der Waals surface area contributed by atoms with Gasteiger partial charge in [0.15, 0.2) is 5.76 Å². The Bertz CT molecular complexity index is 509. The number of carbonyl (C=O) groups is 2. The Morgan fingerprint density at radius 1 is 1.53 bits per heavy atom. The topological polar surface area (TPSA) is 123 Å². The van der Waals surface area contributed by atoms with E-state index in [4.69, 9.17) is 9.52 Å². The van der Waals surface area contributed by atoms with E-state index in [0.717, 1.165) is 12.1 Å². The van der Waals surface area contributed by atoms with E-state index in [9.17, 15) is 19.7 Å². The first-order chi connectivity index (χ1) is 8.80. The van der Waals surface area contributed by atoms with Crippen LogP contribution in [0, 0.1) is 15.5 Å². The summed E-state index contributed by atoms with van der Waals surface area (Å²) in [6.45, 7) is 3.10. The number of aliphatic carboxylic acids is 1. The average molecular weight is 270 g/mol. The van der Waals surface area contributed by atoms with Crippen molar-refractivity contribution in [3.05, 3.63) is 28.0 Å². The van der Waals surface area contributed by atoms with E-state index in [-0.39, 0.29) is 12.3 Å².